The van der Waals surface area contributed by atoms with Crippen molar-refractivity contribution in [3.63, 3.8) is 0 Å². The summed E-state index contributed by atoms with van der Waals surface area (Å²) in [6, 6.07) is 0. The van der Waals surface area contributed by atoms with Gasteiger partial charge in [-0.05, 0) is 0 Å². The van der Waals surface area contributed by atoms with E-state index >= 15 is 0 Å². The van der Waals surface area contributed by atoms with Crippen molar-refractivity contribution in [3.05, 3.63) is 0 Å². The van der Waals surface area contributed by atoms with Crippen molar-refractivity contribution in [2.24, 2.45) is 0 Å². The van der Waals surface area contributed by atoms with E-state index in [9.17, 15) is 0 Å². The fourth-order valence-corrected chi connectivity index (χ4v) is 0.279. The lowest BCUT2D eigenvalue weighted by Crippen LogP contribution is -2.08. The third kappa shape index (κ3) is 7.80. The predicted octanol–water partition coefficient (Wildman–Crippen LogP) is -0.759. The molecule has 1 rings (SSSR count). The molecule has 62 valence electrons. The number of hydrogen-bond acceptors (Lipinski definition) is 5. The van der Waals surface area contributed by atoms with Crippen LogP contribution in [0.1, 0.15) is 6.42 Å². The second kappa shape index (κ2) is 8.80. The van der Waals surface area contributed by atoms with Gasteiger partial charge in [0.1, 0.15) is 0 Å². The van der Waals surface area contributed by atoms with E-state index < -0.39 is 0 Å². The fourth-order valence-electron chi connectivity index (χ4n) is 0.279. The minimum absolute atomic E-state index is 0.125. The summed E-state index contributed by atoms with van der Waals surface area (Å²) in [7, 11) is 0. The molecule has 5 nitrogen and oxygen atoms in total. The van der Waals surface area contributed by atoms with Gasteiger partial charge in [0.05, 0.1) is 26.4 Å². The van der Waals surface area contributed by atoms with E-state index in [1.165, 1.54) is 0 Å². The van der Waals surface area contributed by atoms with Crippen molar-refractivity contribution in [3.8, 4) is 0 Å². The molecule has 0 unspecified atom stereocenters. The molecule has 0 aromatic heterocycles. The van der Waals surface area contributed by atoms with Gasteiger partial charge in [-0.15, -0.1) is 0 Å². The zero-order chi connectivity index (χ0) is 7.66. The molecule has 0 saturated carbocycles. The second-order valence-electron chi connectivity index (χ2n) is 1.51. The molecule has 0 radical (unpaired) electrons. The summed E-state index contributed by atoms with van der Waals surface area (Å²) in [6.07, 6.45) is 0.931. The van der Waals surface area contributed by atoms with Crippen molar-refractivity contribution >= 4 is 0 Å². The molecule has 1 aliphatic rings. The summed E-state index contributed by atoms with van der Waals surface area (Å²) < 4.78 is 0. The lowest BCUT2D eigenvalue weighted by Gasteiger charge is -2.06. The molecule has 1 aliphatic heterocycles. The average Bonchev–Trinajstić information content (AvgIpc) is 2.08. The first-order valence-electron chi connectivity index (χ1n) is 3.04. The van der Waals surface area contributed by atoms with Gasteiger partial charge < -0.3 is 10.2 Å². The monoisotopic (exact) mass is 152 g/mol. The molecule has 0 bridgehead atoms. The van der Waals surface area contributed by atoms with Crippen LogP contribution in [0.2, 0.25) is 0 Å². The Morgan fingerprint density at radius 2 is 1.50 bits per heavy atom. The number of rotatable bonds is 1. The quantitative estimate of drug-likeness (QED) is 0.483. The van der Waals surface area contributed by atoms with Crippen molar-refractivity contribution in [1.29, 1.82) is 0 Å². The van der Waals surface area contributed by atoms with Crippen molar-refractivity contribution in [1.82, 2.24) is 0 Å². The van der Waals surface area contributed by atoms with Crippen molar-refractivity contribution in [2.45, 2.75) is 6.42 Å². The molecule has 1 fully saturated rings. The zero-order valence-electron chi connectivity index (χ0n) is 5.65. The summed E-state index contributed by atoms with van der Waals surface area (Å²) in [6.45, 7) is 1.06. The predicted molar refractivity (Wildman–Crippen MR) is 31.8 cm³/mol. The number of aliphatic hydroxyl groups excluding tert-OH is 2. The minimum Gasteiger partial charge on any atom is -0.394 e. The van der Waals surface area contributed by atoms with Gasteiger partial charge in [-0.1, -0.05) is 5.04 Å². The van der Waals surface area contributed by atoms with E-state index in [1.54, 1.807) is 0 Å². The maximum Gasteiger partial charge on any atom is 0.0877 e. The lowest BCUT2D eigenvalue weighted by molar-refractivity contribution is -0.532. The van der Waals surface area contributed by atoms with Crippen molar-refractivity contribution < 1.29 is 25.0 Å². The van der Waals surface area contributed by atoms with Gasteiger partial charge in [-0.25, -0.2) is 9.78 Å². The van der Waals surface area contributed by atoms with E-state index in [1.807, 2.05) is 0 Å². The summed E-state index contributed by atoms with van der Waals surface area (Å²) >= 11 is 0. The Morgan fingerprint density at radius 3 is 1.60 bits per heavy atom. The molecule has 0 amide bonds. The van der Waals surface area contributed by atoms with Crippen LogP contribution in [0.4, 0.5) is 0 Å². The van der Waals surface area contributed by atoms with Gasteiger partial charge in [0, 0.05) is 6.42 Å². The SMILES string of the molecule is C1COOOC1.OCCO. The Kier molecular flexibility index (Phi) is 8.62. The van der Waals surface area contributed by atoms with Crippen LogP contribution in [0.3, 0.4) is 0 Å². The molecule has 10 heavy (non-hydrogen) atoms. The molecule has 0 spiro atoms. The van der Waals surface area contributed by atoms with Crippen LogP contribution in [0.15, 0.2) is 0 Å². The molecule has 5 heteroatoms. The van der Waals surface area contributed by atoms with Crippen LogP contribution in [0.25, 0.3) is 0 Å². The highest BCUT2D eigenvalue weighted by molar-refractivity contribution is 4.28. The van der Waals surface area contributed by atoms with Crippen LogP contribution in [-0.4, -0.2) is 36.6 Å². The van der Waals surface area contributed by atoms with Gasteiger partial charge >= 0.3 is 0 Å². The summed E-state index contributed by atoms with van der Waals surface area (Å²) in [5.41, 5.74) is 0. The molecular formula is C5H12O5. The van der Waals surface area contributed by atoms with E-state index in [2.05, 4.69) is 14.8 Å². The van der Waals surface area contributed by atoms with E-state index in [-0.39, 0.29) is 13.2 Å². The molecule has 0 aromatic carbocycles. The van der Waals surface area contributed by atoms with Crippen LogP contribution >= 0.6 is 0 Å². The molecule has 0 aliphatic carbocycles. The summed E-state index contributed by atoms with van der Waals surface area (Å²) in [5, 5.41) is 19.3. The zero-order valence-corrected chi connectivity index (χ0v) is 5.65. The summed E-state index contributed by atoms with van der Waals surface area (Å²) in [5.74, 6) is 0. The van der Waals surface area contributed by atoms with E-state index in [4.69, 9.17) is 10.2 Å². The van der Waals surface area contributed by atoms with Crippen LogP contribution < -0.4 is 0 Å². The normalized spacial score (nSPS) is 17.4. The van der Waals surface area contributed by atoms with E-state index in [0.29, 0.717) is 13.2 Å². The van der Waals surface area contributed by atoms with Crippen LogP contribution in [0.5, 0.6) is 0 Å². The smallest absolute Gasteiger partial charge is 0.0877 e. The Labute approximate surface area is 59.0 Å². The van der Waals surface area contributed by atoms with Gasteiger partial charge in [0.15, 0.2) is 0 Å². The third-order valence-electron chi connectivity index (χ3n) is 0.652. The standard InChI is InChI=1S/C3H6O3.C2H6O2/c1-2-4-6-5-3-1;3-1-2-4/h1-3H2;3-4H,1-2H2. The molecule has 0 aromatic rings. The highest BCUT2D eigenvalue weighted by atomic mass is 17.5. The number of aliphatic hydroxyl groups is 2. The molecule has 1 heterocycles. The van der Waals surface area contributed by atoms with Gasteiger partial charge in [-0.3, -0.25) is 0 Å². The Hall–Kier alpha value is -0.200. The fraction of sp³-hybridized carbons (Fsp3) is 1.00. The first-order chi connectivity index (χ1) is 4.91. The van der Waals surface area contributed by atoms with Crippen LogP contribution in [0, 0.1) is 0 Å². The Bertz CT molecular complexity index is 40.5. The second-order valence-corrected chi connectivity index (χ2v) is 1.51. The maximum absolute atomic E-state index is 7.62. The van der Waals surface area contributed by atoms with Crippen LogP contribution in [-0.2, 0) is 14.8 Å². The van der Waals surface area contributed by atoms with Gasteiger partial charge in [-0.2, -0.15) is 0 Å². The molecule has 0 atom stereocenters. The Balaban J connectivity index is 0.000000180. The van der Waals surface area contributed by atoms with E-state index in [0.717, 1.165) is 6.42 Å². The molecular weight excluding hydrogens is 140 g/mol. The average molecular weight is 152 g/mol. The van der Waals surface area contributed by atoms with Crippen molar-refractivity contribution in [2.75, 3.05) is 26.4 Å². The molecule has 1 saturated heterocycles. The third-order valence-corrected chi connectivity index (χ3v) is 0.652. The Morgan fingerprint density at radius 1 is 1.00 bits per heavy atom. The highest BCUT2D eigenvalue weighted by Crippen LogP contribution is 1.93. The highest BCUT2D eigenvalue weighted by Gasteiger charge is 1.96. The number of hydrogen-bond donors (Lipinski definition) is 2. The first kappa shape index (κ1) is 9.80. The minimum atomic E-state index is -0.125. The molecule has 2 N–H and O–H groups in total. The first-order valence-corrected chi connectivity index (χ1v) is 3.04. The maximum atomic E-state index is 7.62. The lowest BCUT2D eigenvalue weighted by atomic mass is 10.5. The van der Waals surface area contributed by atoms with Gasteiger partial charge in [0.2, 0.25) is 0 Å². The summed E-state index contributed by atoms with van der Waals surface area (Å²) in [4.78, 5) is 8.69. The van der Waals surface area contributed by atoms with Gasteiger partial charge in [0.25, 0.3) is 0 Å². The topological polar surface area (TPSA) is 68.2 Å². The largest absolute Gasteiger partial charge is 0.394 e.